The second-order valence-corrected chi connectivity index (χ2v) is 4.47. The van der Waals surface area contributed by atoms with Crippen LogP contribution in [-0.2, 0) is 0 Å². The van der Waals surface area contributed by atoms with E-state index in [1.807, 2.05) is 0 Å². The summed E-state index contributed by atoms with van der Waals surface area (Å²) in [5.41, 5.74) is 0.542. The number of anilines is 1. The summed E-state index contributed by atoms with van der Waals surface area (Å²) in [5, 5.41) is 2.89. The van der Waals surface area contributed by atoms with Crippen molar-refractivity contribution in [1.29, 1.82) is 0 Å². The van der Waals surface area contributed by atoms with Crippen molar-refractivity contribution in [2.24, 2.45) is 0 Å². The van der Waals surface area contributed by atoms with Crippen molar-refractivity contribution in [2.45, 2.75) is 12.2 Å². The molecular formula is C14H11ClF3N. The van der Waals surface area contributed by atoms with Crippen molar-refractivity contribution < 1.29 is 13.2 Å². The zero-order valence-electron chi connectivity index (χ0n) is 9.79. The molecule has 0 saturated carbocycles. The Morgan fingerprint density at radius 2 is 1.47 bits per heavy atom. The summed E-state index contributed by atoms with van der Waals surface area (Å²) < 4.78 is 39.3. The molecule has 1 unspecified atom stereocenters. The van der Waals surface area contributed by atoms with E-state index in [0.29, 0.717) is 10.7 Å². The van der Waals surface area contributed by atoms with Gasteiger partial charge < -0.3 is 5.32 Å². The third-order valence-corrected chi connectivity index (χ3v) is 2.87. The standard InChI is InChI=1S/C14H11ClF3N/c15-11-8-6-10(7-9-11)13(14(16,17)18)19-12-4-2-1-3-5-12/h1-9,13,19H. The van der Waals surface area contributed by atoms with Gasteiger partial charge >= 0.3 is 6.18 Å². The highest BCUT2D eigenvalue weighted by atomic mass is 35.5. The van der Waals surface area contributed by atoms with Gasteiger partial charge in [-0.05, 0) is 29.8 Å². The fourth-order valence-electron chi connectivity index (χ4n) is 1.71. The van der Waals surface area contributed by atoms with Crippen LogP contribution in [0.5, 0.6) is 0 Å². The highest BCUT2D eigenvalue weighted by molar-refractivity contribution is 6.30. The van der Waals surface area contributed by atoms with Gasteiger partial charge in [0.1, 0.15) is 6.04 Å². The molecule has 1 N–H and O–H groups in total. The predicted octanol–water partition coefficient (Wildman–Crippen LogP) is 5.06. The van der Waals surface area contributed by atoms with Gasteiger partial charge in [-0.2, -0.15) is 13.2 Å². The lowest BCUT2D eigenvalue weighted by atomic mass is 10.1. The lowest BCUT2D eigenvalue weighted by Crippen LogP contribution is -2.27. The molecule has 19 heavy (non-hydrogen) atoms. The van der Waals surface area contributed by atoms with Gasteiger partial charge in [0.2, 0.25) is 0 Å². The first-order valence-electron chi connectivity index (χ1n) is 5.60. The average Bonchev–Trinajstić information content (AvgIpc) is 2.37. The molecule has 0 amide bonds. The quantitative estimate of drug-likeness (QED) is 0.831. The van der Waals surface area contributed by atoms with Gasteiger partial charge in [0, 0.05) is 10.7 Å². The minimum atomic E-state index is -4.39. The first-order valence-corrected chi connectivity index (χ1v) is 5.98. The van der Waals surface area contributed by atoms with Crippen molar-refractivity contribution in [2.75, 3.05) is 5.32 Å². The van der Waals surface area contributed by atoms with E-state index in [-0.39, 0.29) is 5.56 Å². The molecule has 5 heteroatoms. The van der Waals surface area contributed by atoms with E-state index >= 15 is 0 Å². The smallest absolute Gasteiger partial charge is 0.370 e. The minimum Gasteiger partial charge on any atom is -0.370 e. The lowest BCUT2D eigenvalue weighted by Gasteiger charge is -2.23. The Kier molecular flexibility index (Phi) is 4.00. The van der Waals surface area contributed by atoms with Crippen LogP contribution in [0, 0.1) is 0 Å². The highest BCUT2D eigenvalue weighted by Crippen LogP contribution is 2.35. The number of halogens is 4. The fourth-order valence-corrected chi connectivity index (χ4v) is 1.84. The number of hydrogen-bond donors (Lipinski definition) is 1. The SMILES string of the molecule is FC(F)(F)C(Nc1ccccc1)c1ccc(Cl)cc1. The molecule has 2 rings (SSSR count). The third-order valence-electron chi connectivity index (χ3n) is 2.62. The number of alkyl halides is 3. The maximum Gasteiger partial charge on any atom is 0.412 e. The Balaban J connectivity index is 2.29. The Morgan fingerprint density at radius 1 is 0.895 bits per heavy atom. The first kappa shape index (κ1) is 13.7. The Morgan fingerprint density at radius 3 is 2.00 bits per heavy atom. The second kappa shape index (κ2) is 5.53. The molecule has 0 radical (unpaired) electrons. The Labute approximate surface area is 114 Å². The largest absolute Gasteiger partial charge is 0.412 e. The molecule has 0 heterocycles. The van der Waals surface area contributed by atoms with Crippen LogP contribution < -0.4 is 5.32 Å². The van der Waals surface area contributed by atoms with Gasteiger partial charge in [0.05, 0.1) is 0 Å². The summed E-state index contributed by atoms with van der Waals surface area (Å²) >= 11 is 5.69. The van der Waals surface area contributed by atoms with Gasteiger partial charge in [-0.3, -0.25) is 0 Å². The van der Waals surface area contributed by atoms with E-state index in [4.69, 9.17) is 11.6 Å². The Bertz CT molecular complexity index is 523. The minimum absolute atomic E-state index is 0.126. The summed E-state index contributed by atoms with van der Waals surface area (Å²) in [4.78, 5) is 0. The van der Waals surface area contributed by atoms with E-state index in [1.165, 1.54) is 24.3 Å². The molecule has 0 aliphatic carbocycles. The Hall–Kier alpha value is -1.68. The van der Waals surface area contributed by atoms with Crippen LogP contribution in [0.3, 0.4) is 0 Å². The summed E-state index contributed by atoms with van der Waals surface area (Å²) in [7, 11) is 0. The normalized spacial score (nSPS) is 13.1. The molecule has 0 fully saturated rings. The van der Waals surface area contributed by atoms with Crippen LogP contribution in [0.25, 0.3) is 0 Å². The number of hydrogen-bond acceptors (Lipinski definition) is 1. The lowest BCUT2D eigenvalue weighted by molar-refractivity contribution is -0.144. The molecule has 0 spiro atoms. The van der Waals surface area contributed by atoms with Crippen LogP contribution in [0.4, 0.5) is 18.9 Å². The summed E-state index contributed by atoms with van der Waals surface area (Å²) in [6.07, 6.45) is -4.39. The van der Waals surface area contributed by atoms with E-state index in [0.717, 1.165) is 0 Å². The molecule has 2 aromatic rings. The predicted molar refractivity (Wildman–Crippen MR) is 70.3 cm³/mol. The van der Waals surface area contributed by atoms with Crippen LogP contribution in [-0.4, -0.2) is 6.18 Å². The maximum atomic E-state index is 13.1. The maximum absolute atomic E-state index is 13.1. The topological polar surface area (TPSA) is 12.0 Å². The summed E-state index contributed by atoms with van der Waals surface area (Å²) in [6, 6.07) is 12.2. The molecule has 1 atom stereocenters. The van der Waals surface area contributed by atoms with Crippen molar-refractivity contribution >= 4 is 17.3 Å². The molecule has 1 nitrogen and oxygen atoms in total. The molecule has 0 aliphatic rings. The first-order chi connectivity index (χ1) is 8.97. The second-order valence-electron chi connectivity index (χ2n) is 4.04. The van der Waals surface area contributed by atoms with Gasteiger partial charge in [-0.1, -0.05) is 41.9 Å². The number of nitrogens with one attached hydrogen (secondary N) is 1. The molecule has 100 valence electrons. The van der Waals surface area contributed by atoms with Gasteiger partial charge in [-0.15, -0.1) is 0 Å². The third kappa shape index (κ3) is 3.64. The van der Waals surface area contributed by atoms with Gasteiger partial charge in [0.15, 0.2) is 0 Å². The van der Waals surface area contributed by atoms with Crippen molar-refractivity contribution in [1.82, 2.24) is 0 Å². The molecule has 0 saturated heterocycles. The summed E-state index contributed by atoms with van der Waals surface area (Å²) in [5.74, 6) is 0. The monoisotopic (exact) mass is 285 g/mol. The molecule has 0 aliphatic heterocycles. The van der Waals surface area contributed by atoms with Crippen LogP contribution in [0.2, 0.25) is 5.02 Å². The highest BCUT2D eigenvalue weighted by Gasteiger charge is 2.40. The van der Waals surface area contributed by atoms with Crippen LogP contribution >= 0.6 is 11.6 Å². The van der Waals surface area contributed by atoms with Crippen molar-refractivity contribution in [3.63, 3.8) is 0 Å². The van der Waals surface area contributed by atoms with E-state index in [9.17, 15) is 13.2 Å². The van der Waals surface area contributed by atoms with Crippen LogP contribution in [0.15, 0.2) is 54.6 Å². The fraction of sp³-hybridized carbons (Fsp3) is 0.143. The van der Waals surface area contributed by atoms with Gasteiger partial charge in [0.25, 0.3) is 0 Å². The number of para-hydroxylation sites is 1. The molecule has 2 aromatic carbocycles. The van der Waals surface area contributed by atoms with Crippen LogP contribution in [0.1, 0.15) is 11.6 Å². The van der Waals surface area contributed by atoms with Crippen molar-refractivity contribution in [3.05, 3.63) is 65.2 Å². The zero-order chi connectivity index (χ0) is 13.9. The number of benzene rings is 2. The molecule has 0 aromatic heterocycles. The summed E-state index contributed by atoms with van der Waals surface area (Å²) in [6.45, 7) is 0. The zero-order valence-corrected chi connectivity index (χ0v) is 10.5. The molecular weight excluding hydrogens is 275 g/mol. The molecule has 0 bridgehead atoms. The number of rotatable bonds is 3. The van der Waals surface area contributed by atoms with Gasteiger partial charge in [-0.25, -0.2) is 0 Å². The van der Waals surface area contributed by atoms with E-state index in [1.54, 1.807) is 30.3 Å². The van der Waals surface area contributed by atoms with E-state index < -0.39 is 12.2 Å². The van der Waals surface area contributed by atoms with E-state index in [2.05, 4.69) is 5.32 Å². The average molecular weight is 286 g/mol. The van der Waals surface area contributed by atoms with Crippen molar-refractivity contribution in [3.8, 4) is 0 Å².